The highest BCUT2D eigenvalue weighted by molar-refractivity contribution is 5.76. The summed E-state index contributed by atoms with van der Waals surface area (Å²) in [6.07, 6.45) is 67.7. The molecule has 1 amide bonds. The molecule has 0 aromatic carbocycles. The van der Waals surface area contributed by atoms with Crippen LogP contribution in [0, 0.1) is 0 Å². The molecule has 0 aliphatic heterocycles. The predicted molar refractivity (Wildman–Crippen MR) is 287 cm³/mol. The first-order chi connectivity index (χ1) is 32.5. The standard InChI is InChI=1S/C60H115NO5/c1-3-5-7-9-11-13-15-17-19-21-23-25-30-34-38-42-46-50-54-60(65)66-55-51-47-43-39-35-31-27-26-29-33-37-41-45-49-53-59(64)61-57(56-62)58(63)52-48-44-40-36-32-28-24-22-20-18-16-14-12-10-8-6-4-2/h19,21,48,52,57-58,62-63H,3-18,20,22-47,49-51,53-56H2,1-2H3,(H,61,64)/b21-19-,52-48+. The van der Waals surface area contributed by atoms with Crippen LogP contribution in [0.2, 0.25) is 0 Å². The minimum absolute atomic E-state index is 0.00592. The lowest BCUT2D eigenvalue weighted by atomic mass is 10.0. The van der Waals surface area contributed by atoms with Gasteiger partial charge in [-0.25, -0.2) is 0 Å². The van der Waals surface area contributed by atoms with Gasteiger partial charge >= 0.3 is 5.97 Å². The van der Waals surface area contributed by atoms with E-state index < -0.39 is 12.1 Å². The Morgan fingerprint density at radius 3 is 1.08 bits per heavy atom. The first-order valence-electron chi connectivity index (χ1n) is 29.6. The zero-order valence-corrected chi connectivity index (χ0v) is 44.4. The third-order valence-corrected chi connectivity index (χ3v) is 13.7. The molecule has 0 aromatic rings. The molecule has 66 heavy (non-hydrogen) atoms. The van der Waals surface area contributed by atoms with Crippen molar-refractivity contribution < 1.29 is 24.5 Å². The van der Waals surface area contributed by atoms with Crippen molar-refractivity contribution in [3.63, 3.8) is 0 Å². The van der Waals surface area contributed by atoms with Crippen LogP contribution in [-0.2, 0) is 14.3 Å². The van der Waals surface area contributed by atoms with Crippen LogP contribution in [0.15, 0.2) is 24.3 Å². The smallest absolute Gasteiger partial charge is 0.305 e. The molecule has 0 saturated heterocycles. The Kier molecular flexibility index (Phi) is 54.5. The summed E-state index contributed by atoms with van der Waals surface area (Å²) >= 11 is 0. The Labute approximate surface area is 411 Å². The Balaban J connectivity index is 3.45. The topological polar surface area (TPSA) is 95.9 Å². The SMILES string of the molecule is CCCCCCCCC/C=C\CCCCCCCCCC(=O)OCCCCCCCCCCCCCCCCC(=O)NC(CO)C(O)/C=C/CCCCCCCCCCCCCCCCC. The minimum Gasteiger partial charge on any atom is -0.466 e. The van der Waals surface area contributed by atoms with Crippen LogP contribution in [0.1, 0.15) is 322 Å². The second-order valence-corrected chi connectivity index (χ2v) is 20.3. The molecule has 0 aliphatic carbocycles. The van der Waals surface area contributed by atoms with E-state index in [4.69, 9.17) is 4.74 Å². The number of rotatable bonds is 55. The molecule has 0 radical (unpaired) electrons. The molecule has 0 bridgehead atoms. The van der Waals surface area contributed by atoms with Crippen LogP contribution in [0.5, 0.6) is 0 Å². The van der Waals surface area contributed by atoms with Gasteiger partial charge in [0.05, 0.1) is 25.4 Å². The third-order valence-electron chi connectivity index (χ3n) is 13.7. The van der Waals surface area contributed by atoms with Gasteiger partial charge in [0, 0.05) is 12.8 Å². The lowest BCUT2D eigenvalue weighted by molar-refractivity contribution is -0.143. The second kappa shape index (κ2) is 55.9. The van der Waals surface area contributed by atoms with E-state index in [1.807, 2.05) is 6.08 Å². The summed E-state index contributed by atoms with van der Waals surface area (Å²) in [7, 11) is 0. The van der Waals surface area contributed by atoms with Crippen LogP contribution in [-0.4, -0.2) is 47.4 Å². The Bertz CT molecular complexity index is 1030. The number of aliphatic hydroxyl groups excluding tert-OH is 2. The van der Waals surface area contributed by atoms with Gasteiger partial charge in [-0.15, -0.1) is 0 Å². The van der Waals surface area contributed by atoms with E-state index in [1.54, 1.807) is 6.08 Å². The maximum Gasteiger partial charge on any atom is 0.305 e. The van der Waals surface area contributed by atoms with Gasteiger partial charge in [-0.05, 0) is 57.8 Å². The number of hydrogen-bond donors (Lipinski definition) is 3. The second-order valence-electron chi connectivity index (χ2n) is 20.3. The number of ether oxygens (including phenoxy) is 1. The van der Waals surface area contributed by atoms with Crippen molar-refractivity contribution >= 4 is 11.9 Å². The van der Waals surface area contributed by atoms with E-state index in [9.17, 15) is 19.8 Å². The van der Waals surface area contributed by atoms with Gasteiger partial charge in [0.15, 0.2) is 0 Å². The Hall–Kier alpha value is -1.66. The predicted octanol–water partition coefficient (Wildman–Crippen LogP) is 18.2. The molecule has 0 fully saturated rings. The monoisotopic (exact) mass is 930 g/mol. The average molecular weight is 931 g/mol. The maximum atomic E-state index is 12.5. The lowest BCUT2D eigenvalue weighted by Crippen LogP contribution is -2.45. The number of carbonyl (C=O) groups excluding carboxylic acids is 2. The molecule has 6 nitrogen and oxygen atoms in total. The van der Waals surface area contributed by atoms with Crippen LogP contribution < -0.4 is 5.32 Å². The normalized spacial score (nSPS) is 12.7. The van der Waals surface area contributed by atoms with Crippen molar-refractivity contribution in [1.82, 2.24) is 5.32 Å². The van der Waals surface area contributed by atoms with Crippen molar-refractivity contribution in [1.29, 1.82) is 0 Å². The molecule has 0 heterocycles. The summed E-state index contributed by atoms with van der Waals surface area (Å²) in [6.45, 7) is 4.90. The van der Waals surface area contributed by atoms with Gasteiger partial charge in [0.1, 0.15) is 0 Å². The fourth-order valence-electron chi connectivity index (χ4n) is 9.16. The molecule has 0 saturated carbocycles. The average Bonchev–Trinajstić information content (AvgIpc) is 3.32. The van der Waals surface area contributed by atoms with E-state index in [0.29, 0.717) is 19.4 Å². The van der Waals surface area contributed by atoms with E-state index in [2.05, 4.69) is 31.3 Å². The van der Waals surface area contributed by atoms with Crippen LogP contribution in [0.4, 0.5) is 0 Å². The van der Waals surface area contributed by atoms with Crippen LogP contribution in [0.3, 0.4) is 0 Å². The van der Waals surface area contributed by atoms with Gasteiger partial charge in [0.25, 0.3) is 0 Å². The minimum atomic E-state index is -0.852. The first kappa shape index (κ1) is 64.3. The van der Waals surface area contributed by atoms with Gasteiger partial charge in [-0.2, -0.15) is 0 Å². The van der Waals surface area contributed by atoms with Crippen molar-refractivity contribution in [2.75, 3.05) is 13.2 Å². The molecule has 2 unspecified atom stereocenters. The number of amides is 1. The summed E-state index contributed by atoms with van der Waals surface area (Å²) in [5, 5.41) is 23.1. The van der Waals surface area contributed by atoms with E-state index in [0.717, 1.165) is 57.8 Å². The summed E-state index contributed by atoms with van der Waals surface area (Å²) in [5.41, 5.74) is 0. The summed E-state index contributed by atoms with van der Waals surface area (Å²) in [4.78, 5) is 24.6. The van der Waals surface area contributed by atoms with Crippen LogP contribution >= 0.6 is 0 Å². The largest absolute Gasteiger partial charge is 0.466 e. The fraction of sp³-hybridized carbons (Fsp3) is 0.900. The van der Waals surface area contributed by atoms with E-state index in [-0.39, 0.29) is 18.5 Å². The number of hydrogen-bond acceptors (Lipinski definition) is 5. The molecule has 0 spiro atoms. The first-order valence-corrected chi connectivity index (χ1v) is 29.6. The summed E-state index contributed by atoms with van der Waals surface area (Å²) < 4.78 is 5.48. The molecular weight excluding hydrogens is 815 g/mol. The van der Waals surface area contributed by atoms with E-state index >= 15 is 0 Å². The molecule has 2 atom stereocenters. The molecule has 0 aromatic heterocycles. The van der Waals surface area contributed by atoms with Gasteiger partial charge < -0.3 is 20.3 Å². The number of unbranched alkanes of at least 4 members (excludes halogenated alkanes) is 42. The highest BCUT2D eigenvalue weighted by Crippen LogP contribution is 2.17. The zero-order valence-electron chi connectivity index (χ0n) is 44.4. The van der Waals surface area contributed by atoms with Gasteiger partial charge in [-0.1, -0.05) is 276 Å². The summed E-state index contributed by atoms with van der Waals surface area (Å²) in [6, 6.07) is -0.636. The number of allylic oxidation sites excluding steroid dienone is 3. The molecule has 390 valence electrons. The summed E-state index contributed by atoms with van der Waals surface area (Å²) in [5.74, 6) is -0.0825. The number of aliphatic hydroxyl groups is 2. The highest BCUT2D eigenvalue weighted by Gasteiger charge is 2.18. The Morgan fingerprint density at radius 2 is 0.712 bits per heavy atom. The zero-order chi connectivity index (χ0) is 47.9. The van der Waals surface area contributed by atoms with Crippen LogP contribution in [0.25, 0.3) is 0 Å². The number of carbonyl (C=O) groups is 2. The van der Waals surface area contributed by atoms with Crippen molar-refractivity contribution in [2.24, 2.45) is 0 Å². The Morgan fingerprint density at radius 1 is 0.409 bits per heavy atom. The van der Waals surface area contributed by atoms with Crippen molar-refractivity contribution in [3.05, 3.63) is 24.3 Å². The molecular formula is C60H115NO5. The maximum absolute atomic E-state index is 12.5. The third kappa shape index (κ3) is 51.7. The van der Waals surface area contributed by atoms with Gasteiger partial charge in [-0.3, -0.25) is 9.59 Å². The lowest BCUT2D eigenvalue weighted by Gasteiger charge is -2.20. The quantitative estimate of drug-likeness (QED) is 0.0321. The van der Waals surface area contributed by atoms with E-state index in [1.165, 1.54) is 238 Å². The molecule has 6 heteroatoms. The van der Waals surface area contributed by atoms with Crippen molar-refractivity contribution in [3.8, 4) is 0 Å². The molecule has 3 N–H and O–H groups in total. The van der Waals surface area contributed by atoms with Crippen molar-refractivity contribution in [2.45, 2.75) is 334 Å². The van der Waals surface area contributed by atoms with Gasteiger partial charge in [0.2, 0.25) is 5.91 Å². The fourth-order valence-corrected chi connectivity index (χ4v) is 9.16. The number of esters is 1. The molecule has 0 rings (SSSR count). The molecule has 0 aliphatic rings. The highest BCUT2D eigenvalue weighted by atomic mass is 16.5. The number of nitrogens with one attached hydrogen (secondary N) is 1.